The molecule has 7 rings (SSSR count). The quantitative estimate of drug-likeness (QED) is 0.209. The number of ether oxygens (including phenoxy) is 4. The molecule has 0 aromatic heterocycles. The molecule has 7 N–H and O–H groups in total. The molecule has 7 aliphatic rings. The number of carbonyl (C=O) groups excluding carboxylic acids is 1. The molecule has 5 aliphatic carbocycles. The Balaban J connectivity index is 1.14. The Kier molecular flexibility index (Phi) is 8.02. The van der Waals surface area contributed by atoms with Gasteiger partial charge < -0.3 is 54.7 Å². The smallest absolute Gasteiger partial charge is 0.192 e. The molecule has 1 spiro atoms. The molecule has 0 aromatic carbocycles. The normalized spacial score (nSPS) is 60.7. The van der Waals surface area contributed by atoms with Crippen molar-refractivity contribution in [3.05, 3.63) is 0 Å². The summed E-state index contributed by atoms with van der Waals surface area (Å²) in [4.78, 5) is 13.6. The molecule has 2 saturated heterocycles. The number of aliphatic hydroxyl groups excluding tert-OH is 4. The van der Waals surface area contributed by atoms with Crippen LogP contribution < -0.4 is 0 Å². The van der Waals surface area contributed by atoms with Gasteiger partial charge in [0.2, 0.25) is 0 Å². The Bertz CT molecular complexity index is 1260. The zero-order chi connectivity index (χ0) is 34.3. The van der Waals surface area contributed by atoms with E-state index in [1.807, 2.05) is 6.92 Å². The van der Waals surface area contributed by atoms with E-state index in [9.17, 15) is 40.5 Å². The summed E-state index contributed by atoms with van der Waals surface area (Å²) >= 11 is 0. The molecule has 7 fully saturated rings. The number of rotatable bonds is 6. The number of carbonyl (C=O) groups is 1. The molecule has 0 amide bonds. The topological polar surface area (TPSA) is 196 Å². The van der Waals surface area contributed by atoms with E-state index in [0.717, 1.165) is 32.1 Å². The summed E-state index contributed by atoms with van der Waals surface area (Å²) in [7, 11) is 1.78. The summed E-state index contributed by atoms with van der Waals surface area (Å²) < 4.78 is 24.0. The van der Waals surface area contributed by atoms with Gasteiger partial charge in [0, 0.05) is 36.7 Å². The number of hydrogen-bond donors (Lipinski definition) is 7. The van der Waals surface area contributed by atoms with Crippen molar-refractivity contribution >= 4 is 5.78 Å². The number of Topliss-reactive ketones (excluding diaryl/α,β-unsaturated/α-hetero) is 1. The molecular formula is C35H56O12. The van der Waals surface area contributed by atoms with Gasteiger partial charge in [0.05, 0.1) is 30.0 Å². The summed E-state index contributed by atoms with van der Waals surface area (Å²) in [5.74, 6) is 0.944. The van der Waals surface area contributed by atoms with Gasteiger partial charge in [-0.15, -0.1) is 0 Å². The molecule has 0 unspecified atom stereocenters. The molecule has 268 valence electrons. The predicted molar refractivity (Wildman–Crippen MR) is 164 cm³/mol. The van der Waals surface area contributed by atoms with E-state index in [2.05, 4.69) is 13.8 Å². The van der Waals surface area contributed by atoms with Crippen LogP contribution in [0.25, 0.3) is 0 Å². The largest absolute Gasteiger partial charge is 0.394 e. The number of methoxy groups -OCH3 is 1. The van der Waals surface area contributed by atoms with E-state index in [0.29, 0.717) is 24.5 Å². The van der Waals surface area contributed by atoms with Crippen molar-refractivity contribution in [3.63, 3.8) is 0 Å². The second kappa shape index (κ2) is 10.9. The fourth-order valence-electron chi connectivity index (χ4n) is 12.4. The number of fused-ring (bicyclic) bond motifs is 4. The molecule has 12 nitrogen and oxygen atoms in total. The average molecular weight is 669 g/mol. The van der Waals surface area contributed by atoms with Gasteiger partial charge in [-0.2, -0.15) is 0 Å². The number of ketones is 1. The van der Waals surface area contributed by atoms with Gasteiger partial charge in [-0.05, 0) is 81.5 Å². The Morgan fingerprint density at radius 3 is 2.28 bits per heavy atom. The number of aliphatic hydroxyl groups is 7. The van der Waals surface area contributed by atoms with Crippen LogP contribution in [0.3, 0.4) is 0 Å². The molecule has 5 saturated carbocycles. The van der Waals surface area contributed by atoms with Crippen LogP contribution in [0.5, 0.6) is 0 Å². The van der Waals surface area contributed by atoms with Crippen LogP contribution in [-0.2, 0) is 23.7 Å². The maximum absolute atomic E-state index is 13.6. The van der Waals surface area contributed by atoms with Gasteiger partial charge >= 0.3 is 0 Å². The Hall–Kier alpha value is -0.770. The zero-order valence-electron chi connectivity index (χ0n) is 28.5. The fraction of sp³-hybridized carbons (Fsp3) is 0.971. The maximum atomic E-state index is 13.6. The maximum Gasteiger partial charge on any atom is 0.192 e. The Morgan fingerprint density at radius 2 is 1.62 bits per heavy atom. The predicted octanol–water partition coefficient (Wildman–Crippen LogP) is 0.634. The summed E-state index contributed by atoms with van der Waals surface area (Å²) in [5.41, 5.74) is -5.90. The molecule has 0 radical (unpaired) electrons. The summed E-state index contributed by atoms with van der Waals surface area (Å²) in [5, 5.41) is 76.7. The summed E-state index contributed by atoms with van der Waals surface area (Å²) in [6.45, 7) is 8.45. The lowest BCUT2D eigenvalue weighted by Crippen LogP contribution is -2.69. The minimum absolute atomic E-state index is 0.00690. The fourth-order valence-corrected chi connectivity index (χ4v) is 12.4. The van der Waals surface area contributed by atoms with Gasteiger partial charge in [0.1, 0.15) is 35.8 Å². The van der Waals surface area contributed by atoms with Gasteiger partial charge in [0.15, 0.2) is 12.6 Å². The van der Waals surface area contributed by atoms with Crippen molar-refractivity contribution in [1.29, 1.82) is 0 Å². The molecule has 0 aromatic rings. The van der Waals surface area contributed by atoms with E-state index >= 15 is 0 Å². The van der Waals surface area contributed by atoms with Crippen LogP contribution in [0, 0.1) is 45.8 Å². The first-order valence-corrected chi connectivity index (χ1v) is 17.7. The third kappa shape index (κ3) is 4.30. The van der Waals surface area contributed by atoms with E-state index in [4.69, 9.17) is 18.9 Å². The monoisotopic (exact) mass is 668 g/mol. The van der Waals surface area contributed by atoms with Crippen molar-refractivity contribution in [3.8, 4) is 0 Å². The lowest BCUT2D eigenvalue weighted by atomic mass is 9.44. The van der Waals surface area contributed by atoms with Crippen LogP contribution in [0.1, 0.15) is 86.0 Å². The number of hydrogen-bond acceptors (Lipinski definition) is 12. The lowest BCUT2D eigenvalue weighted by Gasteiger charge is -2.62. The Morgan fingerprint density at radius 1 is 0.936 bits per heavy atom. The highest BCUT2D eigenvalue weighted by Gasteiger charge is 2.81. The van der Waals surface area contributed by atoms with E-state index in [1.54, 1.807) is 7.11 Å². The third-order valence-corrected chi connectivity index (χ3v) is 15.7. The first kappa shape index (κ1) is 34.7. The molecule has 2 heterocycles. The van der Waals surface area contributed by atoms with E-state index in [-0.39, 0.29) is 35.7 Å². The molecule has 19 atom stereocenters. The third-order valence-electron chi connectivity index (χ3n) is 15.7. The lowest BCUT2D eigenvalue weighted by molar-refractivity contribution is -0.400. The SMILES string of the molecule is CO[C@@H]1C[C@H]2[C@H]3CC[C@](O)([C@H](C)[C@H]4C[C@@](C)(O)[C@](C)(O)[C@H](O[C@@H]5O[C@H](CO)[C@@H](O)[C@H](O)[C@H]5O)O4)[C@@]3(C)CC[C@@H]2[C@@]2(C)C(=O)C[C@@H]3C[C@]312. The first-order valence-electron chi connectivity index (χ1n) is 17.7. The first-order chi connectivity index (χ1) is 21.9. The van der Waals surface area contributed by atoms with Gasteiger partial charge in [0.25, 0.3) is 0 Å². The highest BCUT2D eigenvalue weighted by Crippen LogP contribution is 2.81. The van der Waals surface area contributed by atoms with Crippen molar-refractivity contribution < 1.29 is 59.5 Å². The standard InChI is InChI=1S/C35H56O12/c1-16(21-14-31(3,41)33(5,42)29(46-21)47-28-27(40)26(39)25(38)22(15-36)45-28)35(43)10-8-19-18-12-24(44-6)34-13-17(34)11-23(37)32(34,4)20(18)7-9-30(19,35)2/h16-22,24-29,36,38-43H,7-15H2,1-6H3/t16-,17-,18+,19-,20+,21-,22-,24-,25-,26+,27-,28+,29+,30+,31-,32+,33-,34+,35+/m1/s1. The minimum atomic E-state index is -2.00. The van der Waals surface area contributed by atoms with E-state index < -0.39 is 83.3 Å². The van der Waals surface area contributed by atoms with E-state index in [1.165, 1.54) is 13.8 Å². The highest BCUT2D eigenvalue weighted by molar-refractivity contribution is 5.91. The molecule has 2 aliphatic heterocycles. The van der Waals surface area contributed by atoms with Crippen molar-refractivity contribution in [2.45, 2.75) is 152 Å². The second-order valence-electron chi connectivity index (χ2n) is 17.3. The van der Waals surface area contributed by atoms with Crippen LogP contribution in [0.2, 0.25) is 0 Å². The van der Waals surface area contributed by atoms with Crippen molar-refractivity contribution in [2.75, 3.05) is 13.7 Å². The zero-order valence-corrected chi connectivity index (χ0v) is 28.5. The van der Waals surface area contributed by atoms with Crippen LogP contribution in [0.4, 0.5) is 0 Å². The van der Waals surface area contributed by atoms with Gasteiger partial charge in [-0.3, -0.25) is 4.79 Å². The highest BCUT2D eigenvalue weighted by atomic mass is 16.8. The van der Waals surface area contributed by atoms with Crippen LogP contribution >= 0.6 is 0 Å². The summed E-state index contributed by atoms with van der Waals surface area (Å²) in [6.07, 6.45) is -4.62. The Labute approximate surface area is 276 Å². The molecule has 12 heteroatoms. The molecule has 47 heavy (non-hydrogen) atoms. The molecule has 0 bridgehead atoms. The second-order valence-corrected chi connectivity index (χ2v) is 17.3. The van der Waals surface area contributed by atoms with Crippen LogP contribution in [-0.4, -0.2) is 121 Å². The van der Waals surface area contributed by atoms with Crippen LogP contribution in [0.15, 0.2) is 0 Å². The van der Waals surface area contributed by atoms with Gasteiger partial charge in [-0.1, -0.05) is 20.8 Å². The van der Waals surface area contributed by atoms with Gasteiger partial charge in [-0.25, -0.2) is 0 Å². The minimum Gasteiger partial charge on any atom is -0.394 e. The van der Waals surface area contributed by atoms with Crippen molar-refractivity contribution in [1.82, 2.24) is 0 Å². The molecular weight excluding hydrogens is 612 g/mol. The van der Waals surface area contributed by atoms with Crippen molar-refractivity contribution in [2.24, 2.45) is 45.8 Å². The average Bonchev–Trinajstić information content (AvgIpc) is 3.59. The summed E-state index contributed by atoms with van der Waals surface area (Å²) in [6, 6.07) is 0.